The van der Waals surface area contributed by atoms with Crippen molar-refractivity contribution < 1.29 is 9.53 Å². The van der Waals surface area contributed by atoms with Gasteiger partial charge >= 0.3 is 6.09 Å². The molecule has 1 aromatic carbocycles. The Labute approximate surface area is 208 Å². The summed E-state index contributed by atoms with van der Waals surface area (Å²) in [7, 11) is 0. The van der Waals surface area contributed by atoms with Crippen molar-refractivity contribution in [2.75, 3.05) is 18.4 Å². The van der Waals surface area contributed by atoms with E-state index < -0.39 is 5.60 Å². The van der Waals surface area contributed by atoms with Gasteiger partial charge in [-0.05, 0) is 69.7 Å². The van der Waals surface area contributed by atoms with E-state index in [2.05, 4.69) is 36.1 Å². The summed E-state index contributed by atoms with van der Waals surface area (Å²) >= 11 is 0. The number of ether oxygens (including phenoxy) is 1. The number of carbonyl (C=O) groups excluding carboxylic acids is 1. The molecule has 0 bridgehead atoms. The molecule has 8 heteroatoms. The third kappa shape index (κ3) is 6.65. The first-order valence-corrected chi connectivity index (χ1v) is 12.4. The molecule has 1 aliphatic heterocycles. The molecule has 1 saturated heterocycles. The Bertz CT molecular complexity index is 1100. The van der Waals surface area contributed by atoms with E-state index in [1.165, 1.54) is 5.56 Å². The van der Waals surface area contributed by atoms with Crippen LogP contribution in [0.15, 0.2) is 46.3 Å². The molecular weight excluding hydrogens is 442 g/mol. The van der Waals surface area contributed by atoms with E-state index in [9.17, 15) is 9.59 Å². The number of aliphatic imine (C=N–C) groups is 1. The average Bonchev–Trinajstić information content (AvgIpc) is 2.78. The van der Waals surface area contributed by atoms with Crippen molar-refractivity contribution in [3.8, 4) is 0 Å². The molecule has 8 nitrogen and oxygen atoms in total. The maximum absolute atomic E-state index is 12.8. The predicted molar refractivity (Wildman–Crippen MR) is 142 cm³/mol. The van der Waals surface area contributed by atoms with Crippen LogP contribution < -0.4 is 16.6 Å². The number of nitrogens with zero attached hydrogens (tertiary/aromatic N) is 2. The van der Waals surface area contributed by atoms with Gasteiger partial charge in [-0.1, -0.05) is 32.9 Å². The van der Waals surface area contributed by atoms with Gasteiger partial charge in [0.25, 0.3) is 5.56 Å². The van der Waals surface area contributed by atoms with Crippen LogP contribution in [-0.2, 0) is 4.74 Å². The van der Waals surface area contributed by atoms with Gasteiger partial charge in [0.1, 0.15) is 17.0 Å². The molecule has 1 aliphatic rings. The highest BCUT2D eigenvalue weighted by atomic mass is 16.6. The molecule has 0 unspecified atom stereocenters. The number of rotatable bonds is 6. The zero-order valence-corrected chi connectivity index (χ0v) is 21.8. The first kappa shape index (κ1) is 26.3. The highest BCUT2D eigenvalue weighted by Gasteiger charge is 2.36. The number of piperidine rings is 1. The van der Waals surface area contributed by atoms with Crippen molar-refractivity contribution in [2.45, 2.75) is 77.9 Å². The van der Waals surface area contributed by atoms with Crippen LogP contribution in [0.2, 0.25) is 0 Å². The molecule has 2 heterocycles. The molecule has 1 amide bonds. The Hall–Kier alpha value is -3.29. The number of nitrogens with one attached hydrogen (secondary N) is 2. The number of hydrogen-bond acceptors (Lipinski definition) is 5. The molecule has 1 aromatic heterocycles. The van der Waals surface area contributed by atoms with E-state index in [1.54, 1.807) is 11.1 Å². The van der Waals surface area contributed by atoms with Gasteiger partial charge in [-0.3, -0.25) is 4.79 Å². The molecule has 2 aromatic rings. The lowest BCUT2D eigenvalue weighted by atomic mass is 9.84. The normalized spacial score (nSPS) is 16.3. The van der Waals surface area contributed by atoms with Crippen LogP contribution in [0, 0.1) is 0 Å². The molecule has 0 saturated carbocycles. The van der Waals surface area contributed by atoms with E-state index in [0.717, 1.165) is 19.3 Å². The second kappa shape index (κ2) is 10.5. The van der Waals surface area contributed by atoms with Gasteiger partial charge in [-0.15, -0.1) is 0 Å². The second-order valence-corrected chi connectivity index (χ2v) is 10.6. The highest BCUT2D eigenvalue weighted by molar-refractivity contribution is 6.03. The zero-order chi connectivity index (χ0) is 25.8. The first-order valence-electron chi connectivity index (χ1n) is 12.4. The second-order valence-electron chi connectivity index (χ2n) is 10.6. The summed E-state index contributed by atoms with van der Waals surface area (Å²) in [4.78, 5) is 34.3. The standard InChI is InChI=1S/C27H39N5O3/c1-7-27(13-16-32(17-14-27)25(34)35-26(4,5)6)31-21-12-15-29-24(33)22(21)23(28)30-20-10-8-19(9-11-20)18(2)3/h8-12,15,18H,7,13-14,16-17H2,1-6H3,(H2,28,30)(H2,29,31,33). The SMILES string of the molecule is CCC1(Nc2cc[nH]c(=O)c2C(N)=Nc2ccc(C(C)C)cc2)CCN(C(=O)OC(C)(C)C)CC1. The Morgan fingerprint density at radius 2 is 1.83 bits per heavy atom. The molecule has 4 N–H and O–H groups in total. The van der Waals surface area contributed by atoms with Gasteiger partial charge in [-0.25, -0.2) is 9.79 Å². The van der Waals surface area contributed by atoms with E-state index in [0.29, 0.717) is 35.9 Å². The fourth-order valence-corrected chi connectivity index (χ4v) is 4.26. The average molecular weight is 482 g/mol. The number of aromatic nitrogens is 1. The largest absolute Gasteiger partial charge is 0.444 e. The molecular formula is C27H39N5O3. The van der Waals surface area contributed by atoms with Crippen molar-refractivity contribution in [1.82, 2.24) is 9.88 Å². The number of likely N-dealkylation sites (tertiary alicyclic amines) is 1. The summed E-state index contributed by atoms with van der Waals surface area (Å²) in [5.74, 6) is 0.578. The summed E-state index contributed by atoms with van der Waals surface area (Å²) in [6.07, 6.45) is 3.59. The van der Waals surface area contributed by atoms with E-state index in [-0.39, 0.29) is 23.0 Å². The smallest absolute Gasteiger partial charge is 0.410 e. The lowest BCUT2D eigenvalue weighted by Crippen LogP contribution is -2.51. The van der Waals surface area contributed by atoms with E-state index >= 15 is 0 Å². The van der Waals surface area contributed by atoms with Crippen LogP contribution in [0.3, 0.4) is 0 Å². The molecule has 1 fully saturated rings. The number of pyridine rings is 1. The highest BCUT2D eigenvalue weighted by Crippen LogP contribution is 2.31. The fraction of sp³-hybridized carbons (Fsp3) is 0.519. The fourth-order valence-electron chi connectivity index (χ4n) is 4.26. The quantitative estimate of drug-likeness (QED) is 0.391. The Balaban J connectivity index is 1.81. The van der Waals surface area contributed by atoms with Crippen molar-refractivity contribution in [2.24, 2.45) is 10.7 Å². The molecule has 0 radical (unpaired) electrons. The molecule has 0 aliphatic carbocycles. The Kier molecular flexibility index (Phi) is 7.93. The zero-order valence-electron chi connectivity index (χ0n) is 21.8. The Morgan fingerprint density at radius 1 is 1.20 bits per heavy atom. The number of hydrogen-bond donors (Lipinski definition) is 3. The monoisotopic (exact) mass is 481 g/mol. The van der Waals surface area contributed by atoms with Gasteiger partial charge in [0.2, 0.25) is 0 Å². The number of H-pyrrole nitrogens is 1. The molecule has 0 atom stereocenters. The van der Waals surface area contributed by atoms with Crippen LogP contribution in [-0.4, -0.2) is 46.0 Å². The number of amides is 1. The first-order chi connectivity index (χ1) is 16.4. The number of benzene rings is 1. The summed E-state index contributed by atoms with van der Waals surface area (Å²) in [6.45, 7) is 13.1. The Morgan fingerprint density at radius 3 is 2.37 bits per heavy atom. The van der Waals surface area contributed by atoms with Gasteiger partial charge in [0, 0.05) is 24.8 Å². The van der Waals surface area contributed by atoms with Crippen molar-refractivity contribution in [3.05, 3.63) is 58.0 Å². The van der Waals surface area contributed by atoms with Crippen LogP contribution >= 0.6 is 0 Å². The van der Waals surface area contributed by atoms with Crippen LogP contribution in [0.1, 0.15) is 77.8 Å². The minimum Gasteiger partial charge on any atom is -0.444 e. The van der Waals surface area contributed by atoms with Crippen molar-refractivity contribution >= 4 is 23.3 Å². The van der Waals surface area contributed by atoms with Crippen LogP contribution in [0.4, 0.5) is 16.2 Å². The van der Waals surface area contributed by atoms with Crippen LogP contribution in [0.5, 0.6) is 0 Å². The van der Waals surface area contributed by atoms with Crippen molar-refractivity contribution in [1.29, 1.82) is 0 Å². The lowest BCUT2D eigenvalue weighted by molar-refractivity contribution is 0.0176. The van der Waals surface area contributed by atoms with Crippen LogP contribution in [0.25, 0.3) is 0 Å². The summed E-state index contributed by atoms with van der Waals surface area (Å²) in [5.41, 5.74) is 8.12. The number of amidine groups is 1. The molecule has 0 spiro atoms. The molecule has 3 rings (SSSR count). The predicted octanol–water partition coefficient (Wildman–Crippen LogP) is 5.13. The summed E-state index contributed by atoms with van der Waals surface area (Å²) in [6, 6.07) is 9.68. The van der Waals surface area contributed by atoms with Gasteiger partial charge < -0.3 is 25.7 Å². The number of carbonyl (C=O) groups is 1. The van der Waals surface area contributed by atoms with Gasteiger partial charge in [-0.2, -0.15) is 0 Å². The minimum atomic E-state index is -0.527. The third-order valence-electron chi connectivity index (χ3n) is 6.48. The maximum Gasteiger partial charge on any atom is 0.410 e. The van der Waals surface area contributed by atoms with Gasteiger partial charge in [0.05, 0.1) is 11.4 Å². The summed E-state index contributed by atoms with van der Waals surface area (Å²) < 4.78 is 5.53. The van der Waals surface area contributed by atoms with E-state index in [4.69, 9.17) is 10.5 Å². The summed E-state index contributed by atoms with van der Waals surface area (Å²) in [5, 5.41) is 3.59. The maximum atomic E-state index is 12.8. The molecule has 190 valence electrons. The number of aromatic amines is 1. The van der Waals surface area contributed by atoms with Gasteiger partial charge in [0.15, 0.2) is 0 Å². The number of anilines is 1. The topological polar surface area (TPSA) is 113 Å². The van der Waals surface area contributed by atoms with Crippen molar-refractivity contribution in [3.63, 3.8) is 0 Å². The lowest BCUT2D eigenvalue weighted by Gasteiger charge is -2.43. The molecule has 35 heavy (non-hydrogen) atoms. The number of nitrogens with two attached hydrogens (primary N) is 1. The third-order valence-corrected chi connectivity index (χ3v) is 6.48. The minimum absolute atomic E-state index is 0.157. The van der Waals surface area contributed by atoms with E-state index in [1.807, 2.05) is 51.1 Å².